The van der Waals surface area contributed by atoms with Crippen LogP contribution in [0.25, 0.3) is 0 Å². The van der Waals surface area contributed by atoms with Gasteiger partial charge < -0.3 is 14.6 Å². The zero-order chi connectivity index (χ0) is 17.6. The van der Waals surface area contributed by atoms with Gasteiger partial charge in [0.25, 0.3) is 0 Å². The quantitative estimate of drug-likeness (QED) is 0.401. The molecule has 0 aromatic heterocycles. The van der Waals surface area contributed by atoms with E-state index < -0.39 is 17.8 Å². The molecule has 1 N–H and O–H groups in total. The highest BCUT2D eigenvalue weighted by Crippen LogP contribution is 2.31. The van der Waals surface area contributed by atoms with Gasteiger partial charge >= 0.3 is 11.9 Å². The first-order valence-electron chi connectivity index (χ1n) is 9.64. The molecule has 0 aromatic rings. The van der Waals surface area contributed by atoms with Crippen molar-refractivity contribution in [3.63, 3.8) is 0 Å². The average Bonchev–Trinajstić information content (AvgIpc) is 2.59. The fraction of sp³-hybridized carbons (Fsp3) is 0.895. The van der Waals surface area contributed by atoms with E-state index in [1.807, 2.05) is 0 Å². The van der Waals surface area contributed by atoms with Gasteiger partial charge in [0.1, 0.15) is 6.61 Å². The normalized spacial score (nSPS) is 20.7. The molecule has 0 radical (unpaired) electrons. The molecule has 0 spiro atoms. The number of esters is 1. The fourth-order valence-electron chi connectivity index (χ4n) is 3.28. The molecular formula is C19H34O5. The van der Waals surface area contributed by atoms with Gasteiger partial charge in [-0.25, -0.2) is 0 Å². The summed E-state index contributed by atoms with van der Waals surface area (Å²) in [5.41, 5.74) is 0. The summed E-state index contributed by atoms with van der Waals surface area (Å²) in [6, 6.07) is 0. The van der Waals surface area contributed by atoms with Crippen molar-refractivity contribution in [2.75, 3.05) is 19.8 Å². The molecule has 2 unspecified atom stereocenters. The Kier molecular flexibility index (Phi) is 11.5. The molecule has 0 heterocycles. The van der Waals surface area contributed by atoms with E-state index in [2.05, 4.69) is 6.92 Å². The summed E-state index contributed by atoms with van der Waals surface area (Å²) in [6.07, 6.45) is 11.7. The lowest BCUT2D eigenvalue weighted by Gasteiger charge is -2.26. The van der Waals surface area contributed by atoms with Crippen molar-refractivity contribution in [3.05, 3.63) is 0 Å². The molecule has 0 bridgehead atoms. The van der Waals surface area contributed by atoms with Crippen LogP contribution >= 0.6 is 0 Å². The van der Waals surface area contributed by atoms with E-state index in [9.17, 15) is 14.7 Å². The number of carboxylic acid groups (broad SMARTS) is 1. The molecule has 1 rings (SSSR count). The molecule has 2 atom stereocenters. The van der Waals surface area contributed by atoms with Crippen LogP contribution in [0.5, 0.6) is 0 Å². The number of aliphatic carboxylic acids is 1. The van der Waals surface area contributed by atoms with Crippen molar-refractivity contribution in [2.45, 2.75) is 77.6 Å². The van der Waals surface area contributed by atoms with Gasteiger partial charge in [0.15, 0.2) is 0 Å². The van der Waals surface area contributed by atoms with Gasteiger partial charge in [-0.1, -0.05) is 58.3 Å². The van der Waals surface area contributed by atoms with Crippen LogP contribution in [0.1, 0.15) is 77.6 Å². The second kappa shape index (κ2) is 13.2. The first-order valence-corrected chi connectivity index (χ1v) is 9.64. The van der Waals surface area contributed by atoms with Gasteiger partial charge in [-0.2, -0.15) is 0 Å². The lowest BCUT2D eigenvalue weighted by Crippen LogP contribution is -2.34. The minimum Gasteiger partial charge on any atom is -0.481 e. The highest BCUT2D eigenvalue weighted by atomic mass is 16.6. The van der Waals surface area contributed by atoms with E-state index in [1.165, 1.54) is 38.5 Å². The molecule has 0 saturated heterocycles. The lowest BCUT2D eigenvalue weighted by molar-refractivity contribution is -0.160. The summed E-state index contributed by atoms with van der Waals surface area (Å²) in [7, 11) is 0. The van der Waals surface area contributed by atoms with Crippen molar-refractivity contribution in [3.8, 4) is 0 Å². The van der Waals surface area contributed by atoms with Gasteiger partial charge in [-0.3, -0.25) is 9.59 Å². The number of carboxylic acids is 1. The number of hydrogen-bond donors (Lipinski definition) is 1. The van der Waals surface area contributed by atoms with Crippen LogP contribution in [0.3, 0.4) is 0 Å². The molecule has 1 fully saturated rings. The Hall–Kier alpha value is -1.10. The van der Waals surface area contributed by atoms with Crippen molar-refractivity contribution in [1.82, 2.24) is 0 Å². The summed E-state index contributed by atoms with van der Waals surface area (Å²) in [5.74, 6) is -2.33. The Bertz CT molecular complexity index is 356. The largest absolute Gasteiger partial charge is 0.481 e. The van der Waals surface area contributed by atoms with Crippen LogP contribution < -0.4 is 0 Å². The molecule has 5 heteroatoms. The molecule has 0 amide bonds. The highest BCUT2D eigenvalue weighted by Gasteiger charge is 2.36. The Morgan fingerprint density at radius 1 is 0.875 bits per heavy atom. The van der Waals surface area contributed by atoms with Crippen LogP contribution in [0.15, 0.2) is 0 Å². The molecule has 1 aliphatic rings. The number of hydrogen-bond acceptors (Lipinski definition) is 4. The average molecular weight is 342 g/mol. The number of unbranched alkanes of at least 4 members (excludes halogenated alkanes) is 6. The maximum atomic E-state index is 12.0. The fourth-order valence-corrected chi connectivity index (χ4v) is 3.28. The summed E-state index contributed by atoms with van der Waals surface area (Å²) in [6.45, 7) is 3.54. The molecule has 5 nitrogen and oxygen atoms in total. The second-order valence-electron chi connectivity index (χ2n) is 6.74. The van der Waals surface area contributed by atoms with E-state index in [0.29, 0.717) is 26.1 Å². The van der Waals surface area contributed by atoms with Crippen molar-refractivity contribution in [1.29, 1.82) is 0 Å². The smallest absolute Gasteiger partial charge is 0.309 e. The predicted octanol–water partition coefficient (Wildman–Crippen LogP) is 4.19. The summed E-state index contributed by atoms with van der Waals surface area (Å²) in [5, 5.41) is 9.19. The lowest BCUT2D eigenvalue weighted by atomic mass is 9.79. The maximum absolute atomic E-state index is 12.0. The van der Waals surface area contributed by atoms with Crippen molar-refractivity contribution in [2.24, 2.45) is 11.8 Å². The third-order valence-corrected chi connectivity index (χ3v) is 4.75. The first kappa shape index (κ1) is 20.9. The Morgan fingerprint density at radius 2 is 1.50 bits per heavy atom. The Morgan fingerprint density at radius 3 is 2.17 bits per heavy atom. The van der Waals surface area contributed by atoms with E-state index in [4.69, 9.17) is 9.47 Å². The van der Waals surface area contributed by atoms with E-state index in [-0.39, 0.29) is 12.6 Å². The van der Waals surface area contributed by atoms with Crippen LogP contribution in [-0.4, -0.2) is 36.9 Å². The number of rotatable bonds is 13. The van der Waals surface area contributed by atoms with Gasteiger partial charge in [-0.05, 0) is 19.3 Å². The summed E-state index contributed by atoms with van der Waals surface area (Å²) >= 11 is 0. The topological polar surface area (TPSA) is 72.8 Å². The van der Waals surface area contributed by atoms with E-state index in [0.717, 1.165) is 19.3 Å². The second-order valence-corrected chi connectivity index (χ2v) is 6.74. The molecule has 1 aliphatic carbocycles. The molecule has 0 aromatic carbocycles. The van der Waals surface area contributed by atoms with Gasteiger partial charge in [-0.15, -0.1) is 0 Å². The highest BCUT2D eigenvalue weighted by molar-refractivity contribution is 5.81. The van der Waals surface area contributed by atoms with Gasteiger partial charge in [0.2, 0.25) is 0 Å². The molecule has 140 valence electrons. The molecule has 0 aliphatic heterocycles. The number of ether oxygens (including phenoxy) is 2. The van der Waals surface area contributed by atoms with Crippen molar-refractivity contribution < 1.29 is 24.2 Å². The summed E-state index contributed by atoms with van der Waals surface area (Å²) in [4.78, 5) is 23.2. The van der Waals surface area contributed by atoms with E-state index in [1.54, 1.807) is 0 Å². The minimum atomic E-state index is -0.883. The summed E-state index contributed by atoms with van der Waals surface area (Å²) < 4.78 is 10.7. The third-order valence-electron chi connectivity index (χ3n) is 4.75. The number of carbonyl (C=O) groups is 2. The molecular weight excluding hydrogens is 308 g/mol. The van der Waals surface area contributed by atoms with Crippen LogP contribution in [-0.2, 0) is 19.1 Å². The predicted molar refractivity (Wildman–Crippen MR) is 92.9 cm³/mol. The van der Waals surface area contributed by atoms with Crippen LogP contribution in [0, 0.1) is 11.8 Å². The zero-order valence-electron chi connectivity index (χ0n) is 15.1. The minimum absolute atomic E-state index is 0.220. The van der Waals surface area contributed by atoms with Gasteiger partial charge in [0.05, 0.1) is 18.4 Å². The standard InChI is InChI=1S/C19H34O5/c1-2-3-4-5-6-7-10-13-23-14-15-24-19(22)17-12-9-8-11-16(17)18(20)21/h16-17H,2-15H2,1H3,(H,20,21). The molecule has 24 heavy (non-hydrogen) atoms. The van der Waals surface area contributed by atoms with E-state index >= 15 is 0 Å². The third kappa shape index (κ3) is 8.67. The van der Waals surface area contributed by atoms with Gasteiger partial charge in [0, 0.05) is 6.61 Å². The number of carbonyl (C=O) groups excluding carboxylic acids is 1. The monoisotopic (exact) mass is 342 g/mol. The Labute approximate surface area is 146 Å². The van der Waals surface area contributed by atoms with Crippen LogP contribution in [0.2, 0.25) is 0 Å². The zero-order valence-corrected chi connectivity index (χ0v) is 15.1. The Balaban J connectivity index is 2.00. The van der Waals surface area contributed by atoms with Crippen molar-refractivity contribution >= 4 is 11.9 Å². The van der Waals surface area contributed by atoms with Crippen LogP contribution in [0.4, 0.5) is 0 Å². The maximum Gasteiger partial charge on any atom is 0.309 e. The first-order chi connectivity index (χ1) is 11.7. The SMILES string of the molecule is CCCCCCCCCOCCOC(=O)C1CCCCC1C(=O)O. The molecule has 1 saturated carbocycles.